The summed E-state index contributed by atoms with van der Waals surface area (Å²) in [6.45, 7) is 3.02. The summed E-state index contributed by atoms with van der Waals surface area (Å²) in [4.78, 5) is 22.0. The second kappa shape index (κ2) is 6.11. The fourth-order valence-electron chi connectivity index (χ4n) is 1.26. The number of carboxylic acid groups (broad SMARTS) is 1. The number of hydrogen-bond acceptors (Lipinski definition) is 3. The summed E-state index contributed by atoms with van der Waals surface area (Å²) < 4.78 is 13.0. The van der Waals surface area contributed by atoms with Crippen molar-refractivity contribution < 1.29 is 19.1 Å². The van der Waals surface area contributed by atoms with E-state index < -0.39 is 23.7 Å². The molecule has 1 aromatic carbocycles. The van der Waals surface area contributed by atoms with Gasteiger partial charge in [0.2, 0.25) is 5.91 Å². The smallest absolute Gasteiger partial charge is 0.320 e. The maximum Gasteiger partial charge on any atom is 0.320 e. The molecule has 3 N–H and O–H groups in total. The number of aryl methyl sites for hydroxylation is 1. The molecule has 1 aromatic rings. The fraction of sp³-hybridized carbons (Fsp3) is 0.333. The van der Waals surface area contributed by atoms with Gasteiger partial charge < -0.3 is 10.4 Å². The number of carbonyl (C=O) groups excluding carboxylic acids is 1. The molecule has 0 aromatic heterocycles. The van der Waals surface area contributed by atoms with Crippen molar-refractivity contribution in [3.05, 3.63) is 29.6 Å². The topological polar surface area (TPSA) is 78.4 Å². The zero-order valence-corrected chi connectivity index (χ0v) is 10.2. The Morgan fingerprint density at radius 1 is 1.44 bits per heavy atom. The number of benzene rings is 1. The number of carbonyl (C=O) groups is 2. The Kier molecular flexibility index (Phi) is 4.79. The summed E-state index contributed by atoms with van der Waals surface area (Å²) in [5, 5.41) is 13.7. The highest BCUT2D eigenvalue weighted by Gasteiger charge is 2.12. The van der Waals surface area contributed by atoms with Crippen LogP contribution < -0.4 is 10.6 Å². The molecular weight excluding hydrogens is 239 g/mol. The van der Waals surface area contributed by atoms with Crippen LogP contribution in [0.5, 0.6) is 0 Å². The molecule has 0 radical (unpaired) electrons. The van der Waals surface area contributed by atoms with Gasteiger partial charge in [-0.1, -0.05) is 6.07 Å². The highest BCUT2D eigenvalue weighted by Crippen LogP contribution is 2.15. The zero-order valence-electron chi connectivity index (χ0n) is 10.2. The van der Waals surface area contributed by atoms with E-state index in [1.807, 2.05) is 0 Å². The van der Waals surface area contributed by atoms with Gasteiger partial charge in [0.15, 0.2) is 0 Å². The monoisotopic (exact) mass is 254 g/mol. The van der Waals surface area contributed by atoms with Crippen molar-refractivity contribution in [2.45, 2.75) is 19.9 Å². The first-order valence-corrected chi connectivity index (χ1v) is 5.42. The number of anilines is 1. The van der Waals surface area contributed by atoms with E-state index in [4.69, 9.17) is 5.11 Å². The molecule has 6 heteroatoms. The molecule has 0 aliphatic heterocycles. The standard InChI is InChI=1S/C12H15FN2O3/c1-7-3-4-9(13)5-10(7)15-11(16)6-14-8(2)12(17)18/h3-5,8,14H,6H2,1-2H3,(H,15,16)(H,17,18). The number of amides is 1. The largest absolute Gasteiger partial charge is 0.480 e. The van der Waals surface area contributed by atoms with Crippen molar-refractivity contribution in [2.75, 3.05) is 11.9 Å². The molecule has 0 saturated carbocycles. The lowest BCUT2D eigenvalue weighted by molar-refractivity contribution is -0.139. The molecule has 18 heavy (non-hydrogen) atoms. The second-order valence-electron chi connectivity index (χ2n) is 3.95. The van der Waals surface area contributed by atoms with Crippen LogP contribution >= 0.6 is 0 Å². The lowest BCUT2D eigenvalue weighted by Gasteiger charge is -2.11. The third kappa shape index (κ3) is 4.14. The van der Waals surface area contributed by atoms with E-state index in [0.29, 0.717) is 5.69 Å². The lowest BCUT2D eigenvalue weighted by atomic mass is 10.2. The van der Waals surface area contributed by atoms with Crippen molar-refractivity contribution >= 4 is 17.6 Å². The quantitative estimate of drug-likeness (QED) is 0.736. The highest BCUT2D eigenvalue weighted by molar-refractivity contribution is 5.93. The van der Waals surface area contributed by atoms with Crippen LogP contribution in [-0.4, -0.2) is 29.6 Å². The Morgan fingerprint density at radius 2 is 2.11 bits per heavy atom. The summed E-state index contributed by atoms with van der Waals surface area (Å²) in [5.74, 6) is -1.90. The van der Waals surface area contributed by atoms with Crippen LogP contribution in [0.1, 0.15) is 12.5 Å². The van der Waals surface area contributed by atoms with Gasteiger partial charge in [0.05, 0.1) is 6.54 Å². The highest BCUT2D eigenvalue weighted by atomic mass is 19.1. The Bertz CT molecular complexity index is 463. The van der Waals surface area contributed by atoms with Gasteiger partial charge in [0, 0.05) is 5.69 Å². The van der Waals surface area contributed by atoms with Crippen molar-refractivity contribution in [3.63, 3.8) is 0 Å². The first-order valence-electron chi connectivity index (χ1n) is 5.42. The number of hydrogen-bond donors (Lipinski definition) is 3. The molecule has 98 valence electrons. The van der Waals surface area contributed by atoms with Gasteiger partial charge in [-0.25, -0.2) is 4.39 Å². The predicted molar refractivity (Wildman–Crippen MR) is 64.9 cm³/mol. The van der Waals surface area contributed by atoms with E-state index in [9.17, 15) is 14.0 Å². The summed E-state index contributed by atoms with van der Waals surface area (Å²) in [5.41, 5.74) is 1.11. The van der Waals surface area contributed by atoms with Crippen molar-refractivity contribution in [1.82, 2.24) is 5.32 Å². The Balaban J connectivity index is 2.54. The summed E-state index contributed by atoms with van der Waals surface area (Å²) in [6, 6.07) is 3.26. The van der Waals surface area contributed by atoms with Gasteiger partial charge in [0.1, 0.15) is 11.9 Å². The van der Waals surface area contributed by atoms with Gasteiger partial charge in [-0.15, -0.1) is 0 Å². The zero-order chi connectivity index (χ0) is 13.7. The van der Waals surface area contributed by atoms with Crippen LogP contribution in [0.25, 0.3) is 0 Å². The Labute approximate surface area is 104 Å². The van der Waals surface area contributed by atoms with Crippen LogP contribution in [0.2, 0.25) is 0 Å². The SMILES string of the molecule is Cc1ccc(F)cc1NC(=O)CNC(C)C(=O)O. The maximum atomic E-state index is 13.0. The normalized spacial score (nSPS) is 11.9. The summed E-state index contributed by atoms with van der Waals surface area (Å²) in [7, 11) is 0. The number of aliphatic carboxylic acids is 1. The molecular formula is C12H15FN2O3. The van der Waals surface area contributed by atoms with Gasteiger partial charge in [-0.3, -0.25) is 14.9 Å². The fourth-order valence-corrected chi connectivity index (χ4v) is 1.26. The first-order chi connectivity index (χ1) is 8.40. The van der Waals surface area contributed by atoms with Crippen molar-refractivity contribution in [3.8, 4) is 0 Å². The molecule has 1 amide bonds. The predicted octanol–water partition coefficient (Wildman–Crippen LogP) is 1.14. The van der Waals surface area contributed by atoms with Gasteiger partial charge in [-0.2, -0.15) is 0 Å². The molecule has 0 spiro atoms. The molecule has 0 saturated heterocycles. The minimum Gasteiger partial charge on any atom is -0.480 e. The van der Waals surface area contributed by atoms with E-state index >= 15 is 0 Å². The molecule has 0 bridgehead atoms. The van der Waals surface area contributed by atoms with Gasteiger partial charge >= 0.3 is 5.97 Å². The molecule has 0 aliphatic carbocycles. The molecule has 1 unspecified atom stereocenters. The van der Waals surface area contributed by atoms with Crippen LogP contribution in [0.4, 0.5) is 10.1 Å². The summed E-state index contributed by atoms with van der Waals surface area (Å²) in [6.07, 6.45) is 0. The summed E-state index contributed by atoms with van der Waals surface area (Å²) >= 11 is 0. The Hall–Kier alpha value is -1.95. The Morgan fingerprint density at radius 3 is 2.72 bits per heavy atom. The number of rotatable bonds is 5. The number of carboxylic acids is 1. The molecule has 0 aliphatic rings. The third-order valence-electron chi connectivity index (χ3n) is 2.41. The van der Waals surface area contributed by atoms with Gasteiger partial charge in [-0.05, 0) is 31.5 Å². The van der Waals surface area contributed by atoms with Crippen LogP contribution in [0.15, 0.2) is 18.2 Å². The van der Waals surface area contributed by atoms with E-state index in [-0.39, 0.29) is 6.54 Å². The van der Waals surface area contributed by atoms with Crippen LogP contribution in [-0.2, 0) is 9.59 Å². The van der Waals surface area contributed by atoms with Crippen molar-refractivity contribution in [2.24, 2.45) is 0 Å². The van der Waals surface area contributed by atoms with E-state index in [2.05, 4.69) is 10.6 Å². The maximum absolute atomic E-state index is 13.0. The molecule has 0 heterocycles. The van der Waals surface area contributed by atoms with E-state index in [0.717, 1.165) is 5.56 Å². The van der Waals surface area contributed by atoms with E-state index in [1.54, 1.807) is 13.0 Å². The van der Waals surface area contributed by atoms with Gasteiger partial charge in [0.25, 0.3) is 0 Å². The minimum absolute atomic E-state index is 0.149. The van der Waals surface area contributed by atoms with E-state index in [1.165, 1.54) is 19.1 Å². The molecule has 5 nitrogen and oxygen atoms in total. The van der Waals surface area contributed by atoms with Crippen LogP contribution in [0.3, 0.4) is 0 Å². The number of halogens is 1. The average molecular weight is 254 g/mol. The molecule has 1 rings (SSSR count). The minimum atomic E-state index is -1.04. The third-order valence-corrected chi connectivity index (χ3v) is 2.41. The number of nitrogens with one attached hydrogen (secondary N) is 2. The second-order valence-corrected chi connectivity index (χ2v) is 3.95. The van der Waals surface area contributed by atoms with Crippen molar-refractivity contribution in [1.29, 1.82) is 0 Å². The molecule has 1 atom stereocenters. The first kappa shape index (κ1) is 14.1. The lowest BCUT2D eigenvalue weighted by Crippen LogP contribution is -2.39. The average Bonchev–Trinajstić information content (AvgIpc) is 2.30. The molecule has 0 fully saturated rings. The van der Waals surface area contributed by atoms with Crippen LogP contribution in [0, 0.1) is 12.7 Å².